The maximum absolute atomic E-state index is 12.3. The van der Waals surface area contributed by atoms with E-state index in [0.29, 0.717) is 5.92 Å². The number of hydrogen-bond donors (Lipinski definition) is 1. The van der Waals surface area contributed by atoms with Crippen molar-refractivity contribution in [1.29, 1.82) is 5.26 Å². The van der Waals surface area contributed by atoms with Crippen molar-refractivity contribution in [2.75, 3.05) is 0 Å². The first-order chi connectivity index (χ1) is 12.7. The molecule has 146 valence electrons. The molecule has 0 radical (unpaired) electrons. The molecule has 0 aromatic carbocycles. The maximum atomic E-state index is 12.3. The number of amides is 1. The number of rotatable bonds is 8. The Morgan fingerprint density at radius 1 is 1.37 bits per heavy atom. The average Bonchev–Trinajstić information content (AvgIpc) is 3.37. The number of nitriles is 1. The Morgan fingerprint density at radius 3 is 2.59 bits per heavy atom. The van der Waals surface area contributed by atoms with Crippen molar-refractivity contribution in [3.63, 3.8) is 0 Å². The van der Waals surface area contributed by atoms with Gasteiger partial charge in [0, 0.05) is 24.0 Å². The predicted molar refractivity (Wildman–Crippen MR) is 104 cm³/mol. The van der Waals surface area contributed by atoms with Gasteiger partial charge in [0.25, 0.3) is 5.91 Å². The molecule has 1 aliphatic rings. The molecule has 0 bridgehead atoms. The highest BCUT2D eigenvalue weighted by atomic mass is 16.5. The predicted octanol–water partition coefficient (Wildman–Crippen LogP) is 3.27. The zero-order valence-electron chi connectivity index (χ0n) is 16.8. The molecule has 0 aliphatic heterocycles. The fourth-order valence-corrected chi connectivity index (χ4v) is 2.82. The molecule has 1 aliphatic carbocycles. The summed E-state index contributed by atoms with van der Waals surface area (Å²) in [6, 6.07) is 4.06. The van der Waals surface area contributed by atoms with Crippen LogP contribution in [0.3, 0.4) is 0 Å². The molecule has 1 saturated carbocycles. The van der Waals surface area contributed by atoms with E-state index in [-0.39, 0.29) is 17.5 Å². The molecule has 1 atom stereocenters. The summed E-state index contributed by atoms with van der Waals surface area (Å²) in [6.07, 6.45) is 3.60. The van der Waals surface area contributed by atoms with E-state index in [1.165, 1.54) is 6.92 Å². The standard InChI is InChI=1S/C21H29N3O3/c1-13(2)8-9-24-14(3)10-17(15(24)4)11-18(12-22)21(26)27-16(5)20(25)23-19-6-7-19/h10-11,13,16,19H,6-9H2,1-5H3,(H,23,25)/b18-11+. The maximum Gasteiger partial charge on any atom is 0.349 e. The highest BCUT2D eigenvalue weighted by Gasteiger charge is 2.28. The van der Waals surface area contributed by atoms with Gasteiger partial charge in [-0.15, -0.1) is 0 Å². The summed E-state index contributed by atoms with van der Waals surface area (Å²) in [5.74, 6) is -0.504. The Hall–Kier alpha value is -2.55. The number of hydrogen-bond acceptors (Lipinski definition) is 4. The number of esters is 1. The number of ether oxygens (including phenoxy) is 1. The third-order valence-corrected chi connectivity index (χ3v) is 4.76. The van der Waals surface area contributed by atoms with Gasteiger partial charge in [-0.1, -0.05) is 13.8 Å². The van der Waals surface area contributed by atoms with Crippen molar-refractivity contribution < 1.29 is 14.3 Å². The SMILES string of the molecule is Cc1cc(/C=C(\C#N)C(=O)OC(C)C(=O)NC2CC2)c(C)n1CCC(C)C. The molecule has 0 spiro atoms. The van der Waals surface area contributed by atoms with E-state index in [9.17, 15) is 14.9 Å². The van der Waals surface area contributed by atoms with Gasteiger partial charge in [-0.25, -0.2) is 4.79 Å². The second-order valence-electron chi connectivity index (χ2n) is 7.66. The number of nitrogens with one attached hydrogen (secondary N) is 1. The number of aromatic nitrogens is 1. The minimum atomic E-state index is -0.923. The number of carbonyl (C=O) groups excluding carboxylic acids is 2. The molecular formula is C21H29N3O3. The van der Waals surface area contributed by atoms with E-state index < -0.39 is 12.1 Å². The van der Waals surface area contributed by atoms with Crippen molar-refractivity contribution >= 4 is 18.0 Å². The van der Waals surface area contributed by atoms with E-state index in [2.05, 4.69) is 23.7 Å². The summed E-state index contributed by atoms with van der Waals surface area (Å²) in [6.45, 7) is 10.8. The first-order valence-electron chi connectivity index (χ1n) is 9.52. The minimum absolute atomic E-state index is 0.106. The van der Waals surface area contributed by atoms with Crippen LogP contribution >= 0.6 is 0 Å². The topological polar surface area (TPSA) is 84.1 Å². The van der Waals surface area contributed by atoms with Crippen molar-refractivity contribution in [2.24, 2.45) is 5.92 Å². The van der Waals surface area contributed by atoms with Crippen LogP contribution in [0.1, 0.15) is 57.0 Å². The van der Waals surface area contributed by atoms with Crippen LogP contribution in [0.25, 0.3) is 6.08 Å². The molecule has 1 aromatic rings. The second-order valence-corrected chi connectivity index (χ2v) is 7.66. The van der Waals surface area contributed by atoms with Crippen LogP contribution in [0.5, 0.6) is 0 Å². The van der Waals surface area contributed by atoms with E-state index >= 15 is 0 Å². The molecule has 1 N–H and O–H groups in total. The van der Waals surface area contributed by atoms with Crippen molar-refractivity contribution in [2.45, 2.75) is 72.6 Å². The fourth-order valence-electron chi connectivity index (χ4n) is 2.82. The lowest BCUT2D eigenvalue weighted by Gasteiger charge is -2.13. The number of nitrogens with zero attached hydrogens (tertiary/aromatic N) is 2. The molecule has 1 aromatic heterocycles. The third kappa shape index (κ3) is 5.72. The van der Waals surface area contributed by atoms with Gasteiger partial charge in [-0.3, -0.25) is 4.79 Å². The molecule has 27 heavy (non-hydrogen) atoms. The van der Waals surface area contributed by atoms with Crippen molar-refractivity contribution in [1.82, 2.24) is 9.88 Å². The minimum Gasteiger partial charge on any atom is -0.448 e. The molecule has 1 heterocycles. The van der Waals surface area contributed by atoms with Crippen LogP contribution in [0.2, 0.25) is 0 Å². The van der Waals surface area contributed by atoms with Crippen LogP contribution in [0, 0.1) is 31.1 Å². The molecule has 6 heteroatoms. The number of aryl methyl sites for hydroxylation is 1. The molecule has 6 nitrogen and oxygen atoms in total. The van der Waals surface area contributed by atoms with Gasteiger partial charge in [-0.05, 0) is 63.7 Å². The van der Waals surface area contributed by atoms with Gasteiger partial charge in [0.05, 0.1) is 0 Å². The lowest BCUT2D eigenvalue weighted by molar-refractivity contribution is -0.150. The largest absolute Gasteiger partial charge is 0.448 e. The zero-order valence-corrected chi connectivity index (χ0v) is 16.8. The van der Waals surface area contributed by atoms with Crippen LogP contribution in [-0.2, 0) is 20.9 Å². The summed E-state index contributed by atoms with van der Waals surface area (Å²) >= 11 is 0. The molecule has 1 unspecified atom stereocenters. The highest BCUT2D eigenvalue weighted by molar-refractivity contribution is 5.99. The molecule has 1 fully saturated rings. The Labute approximate surface area is 161 Å². The van der Waals surface area contributed by atoms with Gasteiger partial charge in [0.15, 0.2) is 6.10 Å². The lowest BCUT2D eigenvalue weighted by atomic mass is 10.1. The van der Waals surface area contributed by atoms with E-state index in [1.54, 1.807) is 6.08 Å². The monoisotopic (exact) mass is 371 g/mol. The van der Waals surface area contributed by atoms with Crippen LogP contribution in [0.15, 0.2) is 11.6 Å². The molecule has 0 saturated heterocycles. The summed E-state index contributed by atoms with van der Waals surface area (Å²) < 4.78 is 7.37. The zero-order chi connectivity index (χ0) is 20.1. The number of carbonyl (C=O) groups is 2. The van der Waals surface area contributed by atoms with Crippen molar-refractivity contribution in [3.05, 3.63) is 28.6 Å². The van der Waals surface area contributed by atoms with Gasteiger partial charge in [0.2, 0.25) is 0 Å². The highest BCUT2D eigenvalue weighted by Crippen LogP contribution is 2.21. The van der Waals surface area contributed by atoms with Gasteiger partial charge < -0.3 is 14.6 Å². The van der Waals surface area contributed by atoms with E-state index in [4.69, 9.17) is 4.74 Å². The normalized spacial score (nSPS) is 15.4. The Balaban J connectivity index is 2.10. The molecule has 2 rings (SSSR count). The fraction of sp³-hybridized carbons (Fsp3) is 0.571. The Bertz CT molecular complexity index is 779. The van der Waals surface area contributed by atoms with Crippen molar-refractivity contribution in [3.8, 4) is 6.07 Å². The Kier molecular flexibility index (Phi) is 6.84. The average molecular weight is 371 g/mol. The van der Waals surface area contributed by atoms with Gasteiger partial charge >= 0.3 is 5.97 Å². The molecular weight excluding hydrogens is 342 g/mol. The summed E-state index contributed by atoms with van der Waals surface area (Å²) in [7, 11) is 0. The van der Waals surface area contributed by atoms with Crippen LogP contribution < -0.4 is 5.32 Å². The smallest absolute Gasteiger partial charge is 0.349 e. The molecule has 1 amide bonds. The third-order valence-electron chi connectivity index (χ3n) is 4.76. The van der Waals surface area contributed by atoms with Gasteiger partial charge in [-0.2, -0.15) is 5.26 Å². The summed E-state index contributed by atoms with van der Waals surface area (Å²) in [5, 5.41) is 12.2. The Morgan fingerprint density at radius 2 is 2.04 bits per heavy atom. The first-order valence-corrected chi connectivity index (χ1v) is 9.52. The van der Waals surface area contributed by atoms with Gasteiger partial charge in [0.1, 0.15) is 11.6 Å². The summed E-state index contributed by atoms with van der Waals surface area (Å²) in [5.41, 5.74) is 2.81. The lowest BCUT2D eigenvalue weighted by Crippen LogP contribution is -2.37. The van der Waals surface area contributed by atoms with E-state index in [0.717, 1.165) is 42.8 Å². The van der Waals surface area contributed by atoms with Crippen LogP contribution in [-0.4, -0.2) is 28.6 Å². The quantitative estimate of drug-likeness (QED) is 0.432. The second kappa shape index (κ2) is 8.90. The first kappa shape index (κ1) is 20.8. The van der Waals surface area contributed by atoms with Crippen LogP contribution in [0.4, 0.5) is 0 Å². The van der Waals surface area contributed by atoms with E-state index in [1.807, 2.05) is 26.0 Å². The summed E-state index contributed by atoms with van der Waals surface area (Å²) in [4.78, 5) is 24.2.